The molecular formula is C8H11NO4S. The van der Waals surface area contributed by atoms with Crippen molar-refractivity contribution in [1.29, 1.82) is 0 Å². The SMILES string of the molecule is CON(OC)C1=CCC(=S(=O)=O)C=C1. The Balaban J connectivity index is 2.82. The largest absolute Gasteiger partial charge is 0.252 e. The summed E-state index contributed by atoms with van der Waals surface area (Å²) >= 11 is 0. The third kappa shape index (κ3) is 2.44. The van der Waals surface area contributed by atoms with Gasteiger partial charge in [0, 0.05) is 6.42 Å². The van der Waals surface area contributed by atoms with Crippen LogP contribution in [0.2, 0.25) is 0 Å². The maximum absolute atomic E-state index is 10.6. The number of allylic oxidation sites excluding steroid dienone is 3. The molecule has 1 rings (SSSR count). The molecule has 0 aromatic heterocycles. The summed E-state index contributed by atoms with van der Waals surface area (Å²) in [6, 6.07) is 0. The van der Waals surface area contributed by atoms with Gasteiger partial charge in [-0.2, -0.15) is 8.42 Å². The first-order valence-corrected chi connectivity index (χ1v) is 4.98. The molecule has 0 atom stereocenters. The lowest BCUT2D eigenvalue weighted by Crippen LogP contribution is -2.20. The maximum atomic E-state index is 10.6. The zero-order valence-corrected chi connectivity index (χ0v) is 8.74. The Labute approximate surface area is 83.7 Å². The highest BCUT2D eigenvalue weighted by Crippen LogP contribution is 2.12. The van der Waals surface area contributed by atoms with Crippen LogP contribution in [0, 0.1) is 0 Å². The van der Waals surface area contributed by atoms with Crippen LogP contribution in [0.15, 0.2) is 23.9 Å². The molecule has 1 aliphatic carbocycles. The van der Waals surface area contributed by atoms with Crippen molar-refractivity contribution in [3.63, 3.8) is 0 Å². The summed E-state index contributed by atoms with van der Waals surface area (Å²) in [5.41, 5.74) is 0.671. The number of hydrogen-bond donors (Lipinski definition) is 0. The molecule has 0 saturated carbocycles. The van der Waals surface area contributed by atoms with Crippen molar-refractivity contribution in [3.8, 4) is 0 Å². The van der Waals surface area contributed by atoms with Crippen LogP contribution in [-0.4, -0.2) is 32.7 Å². The number of nitrogens with zero attached hydrogens (tertiary/aromatic N) is 1. The molecule has 0 unspecified atom stereocenters. The van der Waals surface area contributed by atoms with Gasteiger partial charge in [-0.3, -0.25) is 9.68 Å². The van der Waals surface area contributed by atoms with Crippen LogP contribution < -0.4 is 0 Å². The first-order valence-electron chi connectivity index (χ1n) is 3.90. The first-order chi connectivity index (χ1) is 6.69. The third-order valence-electron chi connectivity index (χ3n) is 1.71. The molecule has 0 saturated heterocycles. The Hall–Kier alpha value is -1.11. The van der Waals surface area contributed by atoms with E-state index in [0.29, 0.717) is 17.0 Å². The van der Waals surface area contributed by atoms with Gasteiger partial charge in [-0.1, -0.05) is 6.08 Å². The summed E-state index contributed by atoms with van der Waals surface area (Å²) in [6.45, 7) is 0. The minimum Gasteiger partial charge on any atom is -0.252 e. The van der Waals surface area contributed by atoms with Crippen molar-refractivity contribution < 1.29 is 18.1 Å². The van der Waals surface area contributed by atoms with E-state index >= 15 is 0 Å². The second-order valence-electron chi connectivity index (χ2n) is 2.49. The molecule has 0 aromatic carbocycles. The van der Waals surface area contributed by atoms with Gasteiger partial charge in [-0.15, -0.1) is 5.23 Å². The van der Waals surface area contributed by atoms with Gasteiger partial charge in [-0.05, 0) is 12.2 Å². The zero-order chi connectivity index (χ0) is 10.6. The normalized spacial score (nSPS) is 15.3. The molecule has 0 spiro atoms. The smallest absolute Gasteiger partial charge is 0.217 e. The van der Waals surface area contributed by atoms with Crippen LogP contribution in [-0.2, 0) is 20.0 Å². The van der Waals surface area contributed by atoms with Crippen LogP contribution in [0.1, 0.15) is 6.42 Å². The van der Waals surface area contributed by atoms with E-state index < -0.39 is 10.3 Å². The lowest BCUT2D eigenvalue weighted by Gasteiger charge is -2.20. The van der Waals surface area contributed by atoms with Gasteiger partial charge in [0.05, 0.1) is 24.8 Å². The van der Waals surface area contributed by atoms with Gasteiger partial charge >= 0.3 is 0 Å². The summed E-state index contributed by atoms with van der Waals surface area (Å²) in [6.07, 6.45) is 5.19. The average molecular weight is 217 g/mol. The van der Waals surface area contributed by atoms with E-state index in [1.54, 1.807) is 12.2 Å². The average Bonchev–Trinajstić information content (AvgIpc) is 2.20. The molecule has 6 heteroatoms. The zero-order valence-electron chi connectivity index (χ0n) is 7.93. The van der Waals surface area contributed by atoms with Crippen molar-refractivity contribution in [3.05, 3.63) is 23.9 Å². The number of hydrogen-bond acceptors (Lipinski definition) is 5. The maximum Gasteiger partial charge on any atom is 0.217 e. The Kier molecular flexibility index (Phi) is 3.87. The van der Waals surface area contributed by atoms with Gasteiger partial charge in [0.15, 0.2) is 0 Å². The van der Waals surface area contributed by atoms with Crippen molar-refractivity contribution in [2.75, 3.05) is 14.2 Å². The summed E-state index contributed by atoms with van der Waals surface area (Å²) in [7, 11) is 0.774. The van der Waals surface area contributed by atoms with Crippen LogP contribution in [0.25, 0.3) is 0 Å². The molecule has 0 heterocycles. The fraction of sp³-hybridized carbons (Fsp3) is 0.375. The summed E-state index contributed by atoms with van der Waals surface area (Å²) in [4.78, 5) is 10.1. The van der Waals surface area contributed by atoms with Crippen molar-refractivity contribution >= 4 is 15.2 Å². The highest BCUT2D eigenvalue weighted by atomic mass is 32.2. The predicted molar refractivity (Wildman–Crippen MR) is 51.6 cm³/mol. The monoisotopic (exact) mass is 217 g/mol. The van der Waals surface area contributed by atoms with E-state index in [9.17, 15) is 8.42 Å². The molecule has 0 bridgehead atoms. The Morgan fingerprint density at radius 2 is 1.93 bits per heavy atom. The van der Waals surface area contributed by atoms with Crippen LogP contribution in [0.3, 0.4) is 0 Å². The van der Waals surface area contributed by atoms with E-state index in [1.807, 2.05) is 0 Å². The van der Waals surface area contributed by atoms with Crippen LogP contribution in [0.4, 0.5) is 0 Å². The second kappa shape index (κ2) is 4.94. The Morgan fingerprint density at radius 3 is 2.29 bits per heavy atom. The molecule has 0 fully saturated rings. The van der Waals surface area contributed by atoms with Crippen LogP contribution in [0.5, 0.6) is 0 Å². The van der Waals surface area contributed by atoms with Crippen molar-refractivity contribution in [1.82, 2.24) is 5.23 Å². The molecule has 78 valence electrons. The van der Waals surface area contributed by atoms with Gasteiger partial charge < -0.3 is 0 Å². The standard InChI is InChI=1S/C8H11NO4S/c1-12-9(13-2)7-3-5-8(6-4-7)14(10)11/h3-5H,6H2,1-2H3. The molecule has 5 nitrogen and oxygen atoms in total. The fourth-order valence-corrected chi connectivity index (χ4v) is 1.46. The molecule has 0 radical (unpaired) electrons. The first kappa shape index (κ1) is 11.0. The lowest BCUT2D eigenvalue weighted by atomic mass is 10.1. The summed E-state index contributed by atoms with van der Waals surface area (Å²) in [5, 5.41) is 1.20. The number of rotatable bonds is 3. The van der Waals surface area contributed by atoms with E-state index in [2.05, 4.69) is 0 Å². The molecule has 0 amide bonds. The highest BCUT2D eigenvalue weighted by Gasteiger charge is 2.10. The van der Waals surface area contributed by atoms with Gasteiger partial charge in [-0.25, -0.2) is 0 Å². The number of hydroxylamine groups is 2. The molecule has 0 aliphatic heterocycles. The lowest BCUT2D eigenvalue weighted by molar-refractivity contribution is -0.315. The van der Waals surface area contributed by atoms with E-state index in [-0.39, 0.29) is 0 Å². The summed E-state index contributed by atoms with van der Waals surface area (Å²) in [5.74, 6) is 0. The van der Waals surface area contributed by atoms with E-state index in [4.69, 9.17) is 9.68 Å². The quantitative estimate of drug-likeness (QED) is 0.503. The van der Waals surface area contributed by atoms with Crippen LogP contribution >= 0.6 is 0 Å². The molecule has 14 heavy (non-hydrogen) atoms. The molecule has 0 aromatic rings. The Morgan fingerprint density at radius 1 is 1.29 bits per heavy atom. The van der Waals surface area contributed by atoms with Gasteiger partial charge in [0.1, 0.15) is 0 Å². The third-order valence-corrected chi connectivity index (χ3v) is 2.44. The molecule has 0 N–H and O–H groups in total. The molecule has 1 aliphatic rings. The van der Waals surface area contributed by atoms with E-state index in [1.165, 1.54) is 25.5 Å². The molecular weight excluding hydrogens is 206 g/mol. The van der Waals surface area contributed by atoms with E-state index in [0.717, 1.165) is 0 Å². The minimum absolute atomic E-state index is 0.348. The van der Waals surface area contributed by atoms with Crippen molar-refractivity contribution in [2.45, 2.75) is 6.42 Å². The highest BCUT2D eigenvalue weighted by molar-refractivity contribution is 7.73. The topological polar surface area (TPSA) is 55.8 Å². The minimum atomic E-state index is -2.15. The predicted octanol–water partition coefficient (Wildman–Crippen LogP) is 0.306. The Bertz CT molecular complexity index is 382. The fourth-order valence-electron chi connectivity index (χ4n) is 1.06. The summed E-state index contributed by atoms with van der Waals surface area (Å²) < 4.78 is 21.2. The van der Waals surface area contributed by atoms with Gasteiger partial charge in [0.25, 0.3) is 0 Å². The van der Waals surface area contributed by atoms with Gasteiger partial charge in [0.2, 0.25) is 10.3 Å². The van der Waals surface area contributed by atoms with Crippen molar-refractivity contribution in [2.24, 2.45) is 0 Å². The second-order valence-corrected chi connectivity index (χ2v) is 3.48.